The van der Waals surface area contributed by atoms with Crippen LogP contribution < -0.4 is 0 Å². The van der Waals surface area contributed by atoms with Gasteiger partial charge in [0.2, 0.25) is 5.91 Å². The highest BCUT2D eigenvalue weighted by atomic mass is 16.5. The third kappa shape index (κ3) is 24.4. The molecule has 1 amide bonds. The fourth-order valence-electron chi connectivity index (χ4n) is 5.87. The molecular weight excluding hydrogens is 520 g/mol. The third-order valence-electron chi connectivity index (χ3n) is 8.81. The second-order valence-corrected chi connectivity index (χ2v) is 13.2. The molecule has 0 saturated carbocycles. The maximum absolute atomic E-state index is 13.4. The van der Waals surface area contributed by atoms with Gasteiger partial charge in [-0.2, -0.15) is 0 Å². The lowest BCUT2D eigenvalue weighted by Gasteiger charge is -2.27. The largest absolute Gasteiger partial charge is 0.465 e. The number of carbonyl (C=O) groups excluding carboxylic acids is 2. The van der Waals surface area contributed by atoms with E-state index in [-0.39, 0.29) is 11.9 Å². The van der Waals surface area contributed by atoms with E-state index in [0.29, 0.717) is 24.9 Å². The summed E-state index contributed by atoms with van der Waals surface area (Å²) in [6, 6.07) is 0. The van der Waals surface area contributed by atoms with E-state index in [1.165, 1.54) is 96.3 Å². The fraction of sp³-hybridized carbons (Fsp3) is 0.946. The number of nitrogens with zero attached hydrogens (tertiary/aromatic N) is 2. The summed E-state index contributed by atoms with van der Waals surface area (Å²) in [6.45, 7) is 12.4. The van der Waals surface area contributed by atoms with Crippen LogP contribution in [-0.2, 0) is 14.3 Å². The van der Waals surface area contributed by atoms with Crippen molar-refractivity contribution < 1.29 is 14.3 Å². The molecule has 42 heavy (non-hydrogen) atoms. The Bertz CT molecular complexity index is 610. The van der Waals surface area contributed by atoms with Crippen molar-refractivity contribution in [3.63, 3.8) is 0 Å². The lowest BCUT2D eigenvalue weighted by molar-refractivity contribution is -0.145. The number of ether oxygens (including phenoxy) is 1. The number of unbranched alkanes of at least 4 members (excludes halogenated alkanes) is 13. The number of amides is 1. The molecule has 0 aromatic carbocycles. The van der Waals surface area contributed by atoms with Gasteiger partial charge in [0.25, 0.3) is 0 Å². The van der Waals surface area contributed by atoms with E-state index < -0.39 is 0 Å². The molecule has 0 aromatic heterocycles. The topological polar surface area (TPSA) is 49.9 Å². The zero-order valence-corrected chi connectivity index (χ0v) is 29.4. The standard InChI is InChI=1S/C37H74N2O3/c1-7-11-14-21-27-34(26-13-9-3)33-42-36(40)29-22-18-16-15-17-19-23-31-39(32-25-24-30-38(5)6)37(41)35(10-4)28-20-12-8-2/h34-35H,7-33H2,1-6H3. The number of hydrogen-bond donors (Lipinski definition) is 0. The minimum atomic E-state index is 0.000439. The van der Waals surface area contributed by atoms with Gasteiger partial charge in [0.05, 0.1) is 6.61 Å². The van der Waals surface area contributed by atoms with Gasteiger partial charge in [-0.15, -0.1) is 0 Å². The number of hydrogen-bond acceptors (Lipinski definition) is 4. The van der Waals surface area contributed by atoms with Crippen LogP contribution in [0.4, 0.5) is 0 Å². The van der Waals surface area contributed by atoms with Crippen LogP contribution in [0.15, 0.2) is 0 Å². The highest BCUT2D eigenvalue weighted by Crippen LogP contribution is 2.20. The predicted octanol–water partition coefficient (Wildman–Crippen LogP) is 10.2. The lowest BCUT2D eigenvalue weighted by Crippen LogP contribution is -2.37. The summed E-state index contributed by atoms with van der Waals surface area (Å²) < 4.78 is 5.68. The zero-order chi connectivity index (χ0) is 31.3. The van der Waals surface area contributed by atoms with Crippen molar-refractivity contribution >= 4 is 11.9 Å². The Morgan fingerprint density at radius 3 is 1.69 bits per heavy atom. The molecule has 250 valence electrons. The Kier molecular flexibility index (Phi) is 29.2. The summed E-state index contributed by atoms with van der Waals surface area (Å²) in [5.41, 5.74) is 0. The summed E-state index contributed by atoms with van der Waals surface area (Å²) in [5.74, 6) is 1.15. The molecule has 2 unspecified atom stereocenters. The van der Waals surface area contributed by atoms with Gasteiger partial charge in [-0.1, -0.05) is 118 Å². The van der Waals surface area contributed by atoms with E-state index in [9.17, 15) is 9.59 Å². The van der Waals surface area contributed by atoms with Crippen molar-refractivity contribution in [1.29, 1.82) is 0 Å². The summed E-state index contributed by atoms with van der Waals surface area (Å²) >= 11 is 0. The Labute approximate surface area is 263 Å². The predicted molar refractivity (Wildman–Crippen MR) is 182 cm³/mol. The molecule has 0 aliphatic carbocycles. The van der Waals surface area contributed by atoms with Gasteiger partial charge in [0.1, 0.15) is 0 Å². The van der Waals surface area contributed by atoms with Crippen LogP contribution in [0.1, 0.15) is 175 Å². The highest BCUT2D eigenvalue weighted by molar-refractivity contribution is 5.78. The number of carbonyl (C=O) groups is 2. The second-order valence-electron chi connectivity index (χ2n) is 13.2. The molecular formula is C37H74N2O3. The molecule has 0 N–H and O–H groups in total. The first-order chi connectivity index (χ1) is 20.4. The smallest absolute Gasteiger partial charge is 0.305 e. The fourth-order valence-corrected chi connectivity index (χ4v) is 5.87. The van der Waals surface area contributed by atoms with Crippen LogP contribution in [0.3, 0.4) is 0 Å². The van der Waals surface area contributed by atoms with Gasteiger partial charge in [0, 0.05) is 25.4 Å². The van der Waals surface area contributed by atoms with Crippen molar-refractivity contribution in [2.24, 2.45) is 11.8 Å². The normalized spacial score (nSPS) is 12.9. The zero-order valence-electron chi connectivity index (χ0n) is 29.4. The minimum Gasteiger partial charge on any atom is -0.465 e. The average molecular weight is 595 g/mol. The van der Waals surface area contributed by atoms with Crippen LogP contribution in [-0.4, -0.2) is 62.0 Å². The molecule has 0 spiro atoms. The summed E-state index contributed by atoms with van der Waals surface area (Å²) in [5, 5.41) is 0. The number of rotatable bonds is 31. The lowest BCUT2D eigenvalue weighted by atomic mass is 9.96. The SMILES string of the molecule is CCCCCCC(CCCC)COC(=O)CCCCCCCCCN(CCCCN(C)C)C(=O)C(CC)CCCCC. The molecule has 5 heteroatoms. The van der Waals surface area contributed by atoms with Crippen molar-refractivity contribution in [3.05, 3.63) is 0 Å². The maximum atomic E-state index is 13.4. The molecule has 0 saturated heterocycles. The van der Waals surface area contributed by atoms with Crippen LogP contribution >= 0.6 is 0 Å². The summed E-state index contributed by atoms with van der Waals surface area (Å²) in [7, 11) is 4.24. The van der Waals surface area contributed by atoms with E-state index >= 15 is 0 Å². The highest BCUT2D eigenvalue weighted by Gasteiger charge is 2.22. The van der Waals surface area contributed by atoms with Gasteiger partial charge in [-0.05, 0) is 77.9 Å². The maximum Gasteiger partial charge on any atom is 0.305 e. The summed E-state index contributed by atoms with van der Waals surface area (Å²) in [6.07, 6.45) is 26.4. The van der Waals surface area contributed by atoms with Gasteiger partial charge >= 0.3 is 5.97 Å². The third-order valence-corrected chi connectivity index (χ3v) is 8.81. The van der Waals surface area contributed by atoms with E-state index in [1.54, 1.807) is 0 Å². The molecule has 0 heterocycles. The number of esters is 1. The first kappa shape index (κ1) is 40.9. The molecule has 0 aliphatic rings. The van der Waals surface area contributed by atoms with Gasteiger partial charge in [-0.25, -0.2) is 0 Å². The molecule has 5 nitrogen and oxygen atoms in total. The van der Waals surface area contributed by atoms with Crippen molar-refractivity contribution in [3.8, 4) is 0 Å². The molecule has 0 radical (unpaired) electrons. The van der Waals surface area contributed by atoms with Crippen molar-refractivity contribution in [1.82, 2.24) is 9.80 Å². The first-order valence-corrected chi connectivity index (χ1v) is 18.5. The van der Waals surface area contributed by atoms with E-state index in [4.69, 9.17) is 4.74 Å². The van der Waals surface area contributed by atoms with Crippen molar-refractivity contribution in [2.45, 2.75) is 175 Å². The molecule has 0 fully saturated rings. The van der Waals surface area contributed by atoms with Crippen LogP contribution in [0.2, 0.25) is 0 Å². The van der Waals surface area contributed by atoms with Gasteiger partial charge in [0.15, 0.2) is 0 Å². The Morgan fingerprint density at radius 1 is 0.571 bits per heavy atom. The Balaban J connectivity index is 4.21. The molecule has 0 aliphatic heterocycles. The van der Waals surface area contributed by atoms with E-state index in [0.717, 1.165) is 64.6 Å². The van der Waals surface area contributed by atoms with Crippen LogP contribution in [0.5, 0.6) is 0 Å². The Morgan fingerprint density at radius 2 is 1.07 bits per heavy atom. The average Bonchev–Trinajstić information content (AvgIpc) is 2.98. The quantitative estimate of drug-likeness (QED) is 0.0592. The first-order valence-electron chi connectivity index (χ1n) is 18.5. The molecule has 0 bridgehead atoms. The molecule has 0 aromatic rings. The second kappa shape index (κ2) is 29.9. The van der Waals surface area contributed by atoms with Crippen LogP contribution in [0.25, 0.3) is 0 Å². The van der Waals surface area contributed by atoms with Gasteiger partial charge in [-0.3, -0.25) is 9.59 Å². The van der Waals surface area contributed by atoms with E-state index in [1.807, 2.05) is 0 Å². The molecule has 2 atom stereocenters. The Hall–Kier alpha value is -1.10. The van der Waals surface area contributed by atoms with E-state index in [2.05, 4.69) is 51.6 Å². The minimum absolute atomic E-state index is 0.000439. The van der Waals surface area contributed by atoms with Crippen molar-refractivity contribution in [2.75, 3.05) is 40.3 Å². The van der Waals surface area contributed by atoms with Crippen LogP contribution in [0, 0.1) is 11.8 Å². The monoisotopic (exact) mass is 595 g/mol. The summed E-state index contributed by atoms with van der Waals surface area (Å²) in [4.78, 5) is 30.1. The van der Waals surface area contributed by atoms with Gasteiger partial charge < -0.3 is 14.5 Å². The molecule has 0 rings (SSSR count).